The molecule has 1 saturated carbocycles. The van der Waals surface area contributed by atoms with Crippen LogP contribution in [0.15, 0.2) is 15.9 Å². The molecule has 106 valence electrons. The second-order valence-corrected chi connectivity index (χ2v) is 7.08. The van der Waals surface area contributed by atoms with Gasteiger partial charge in [0.1, 0.15) is 0 Å². The van der Waals surface area contributed by atoms with Gasteiger partial charge in [-0.2, -0.15) is 13.2 Å². The molecule has 2 rings (SSSR count). The molecule has 2 unspecified atom stereocenters. The van der Waals surface area contributed by atoms with Gasteiger partial charge in [-0.15, -0.1) is 11.3 Å². The summed E-state index contributed by atoms with van der Waals surface area (Å²) in [6.45, 7) is 0. The molecule has 1 aromatic rings. The normalized spacial score (nSPS) is 24.2. The minimum Gasteiger partial charge on any atom is -0.348 e. The summed E-state index contributed by atoms with van der Waals surface area (Å²) in [5.41, 5.74) is 0. The fourth-order valence-electron chi connectivity index (χ4n) is 2.37. The highest BCUT2D eigenvalue weighted by Crippen LogP contribution is 2.38. The van der Waals surface area contributed by atoms with Crippen molar-refractivity contribution in [2.24, 2.45) is 5.92 Å². The Morgan fingerprint density at radius 2 is 2.00 bits per heavy atom. The van der Waals surface area contributed by atoms with Crippen molar-refractivity contribution >= 4 is 33.2 Å². The fraction of sp³-hybridized carbons (Fsp3) is 0.583. The van der Waals surface area contributed by atoms with E-state index in [2.05, 4.69) is 21.2 Å². The highest BCUT2D eigenvalue weighted by Gasteiger charge is 2.46. The van der Waals surface area contributed by atoms with Crippen molar-refractivity contribution in [3.05, 3.63) is 20.8 Å². The van der Waals surface area contributed by atoms with E-state index in [1.54, 1.807) is 12.1 Å². The van der Waals surface area contributed by atoms with Gasteiger partial charge in [0, 0.05) is 6.04 Å². The van der Waals surface area contributed by atoms with E-state index in [-0.39, 0.29) is 6.42 Å². The third-order valence-electron chi connectivity index (χ3n) is 3.30. The van der Waals surface area contributed by atoms with Crippen LogP contribution in [0.4, 0.5) is 13.2 Å². The summed E-state index contributed by atoms with van der Waals surface area (Å²) in [5.74, 6) is -1.84. The Labute approximate surface area is 121 Å². The Morgan fingerprint density at radius 1 is 1.32 bits per heavy atom. The molecule has 1 aliphatic rings. The zero-order valence-electron chi connectivity index (χ0n) is 9.97. The lowest BCUT2D eigenvalue weighted by Gasteiger charge is -2.33. The number of carbonyl (C=O) groups excluding carboxylic acids is 1. The lowest BCUT2D eigenvalue weighted by atomic mass is 9.84. The molecule has 2 atom stereocenters. The highest BCUT2D eigenvalue weighted by molar-refractivity contribution is 9.11. The summed E-state index contributed by atoms with van der Waals surface area (Å²) in [6, 6.07) is 2.51. The summed E-state index contributed by atoms with van der Waals surface area (Å²) in [5, 5.41) is 2.54. The maximum atomic E-state index is 12.9. The number of thiophene rings is 1. The summed E-state index contributed by atoms with van der Waals surface area (Å²) >= 11 is 4.44. The second-order valence-electron chi connectivity index (χ2n) is 4.62. The second kappa shape index (κ2) is 5.83. The first kappa shape index (κ1) is 14.8. The van der Waals surface area contributed by atoms with Crippen molar-refractivity contribution in [1.29, 1.82) is 0 Å². The molecule has 0 radical (unpaired) electrons. The van der Waals surface area contributed by atoms with E-state index in [0.29, 0.717) is 17.7 Å². The van der Waals surface area contributed by atoms with Crippen LogP contribution >= 0.6 is 27.3 Å². The molecule has 1 heterocycles. The number of hydrogen-bond donors (Lipinski definition) is 1. The number of nitrogens with one attached hydrogen (secondary N) is 1. The van der Waals surface area contributed by atoms with Crippen LogP contribution in [0.5, 0.6) is 0 Å². The highest BCUT2D eigenvalue weighted by atomic mass is 79.9. The van der Waals surface area contributed by atoms with Crippen LogP contribution in [0.3, 0.4) is 0 Å². The summed E-state index contributed by atoms with van der Waals surface area (Å²) in [4.78, 5) is 12.3. The first-order valence-electron chi connectivity index (χ1n) is 6.01. The SMILES string of the molecule is O=C(NC1CCCCC1C(F)(F)F)c1ccc(Br)s1. The van der Waals surface area contributed by atoms with Crippen molar-refractivity contribution in [3.63, 3.8) is 0 Å². The van der Waals surface area contributed by atoms with Crippen LogP contribution < -0.4 is 5.32 Å². The Balaban J connectivity index is 2.05. The maximum Gasteiger partial charge on any atom is 0.393 e. The van der Waals surface area contributed by atoms with Crippen molar-refractivity contribution < 1.29 is 18.0 Å². The molecule has 0 bridgehead atoms. The van der Waals surface area contributed by atoms with Gasteiger partial charge in [0.2, 0.25) is 0 Å². The molecule has 0 saturated heterocycles. The van der Waals surface area contributed by atoms with Gasteiger partial charge in [0.15, 0.2) is 0 Å². The van der Waals surface area contributed by atoms with Gasteiger partial charge in [0.05, 0.1) is 14.6 Å². The number of carbonyl (C=O) groups is 1. The lowest BCUT2D eigenvalue weighted by molar-refractivity contribution is -0.187. The van der Waals surface area contributed by atoms with E-state index in [1.165, 1.54) is 11.3 Å². The Bertz CT molecular complexity index is 460. The Kier molecular flexibility index (Phi) is 4.55. The molecule has 7 heteroatoms. The molecule has 19 heavy (non-hydrogen) atoms. The number of rotatable bonds is 2. The molecule has 1 amide bonds. The van der Waals surface area contributed by atoms with Crippen LogP contribution in [0, 0.1) is 5.92 Å². The van der Waals surface area contributed by atoms with Crippen molar-refractivity contribution in [1.82, 2.24) is 5.32 Å². The van der Waals surface area contributed by atoms with E-state index in [9.17, 15) is 18.0 Å². The van der Waals surface area contributed by atoms with Gasteiger partial charge >= 0.3 is 6.18 Å². The third kappa shape index (κ3) is 3.72. The number of halogens is 4. The van der Waals surface area contributed by atoms with Gasteiger partial charge in [-0.1, -0.05) is 12.8 Å². The quantitative estimate of drug-likeness (QED) is 0.838. The van der Waals surface area contributed by atoms with Crippen LogP contribution in [-0.2, 0) is 0 Å². The molecule has 0 spiro atoms. The first-order valence-corrected chi connectivity index (χ1v) is 7.62. The van der Waals surface area contributed by atoms with Crippen molar-refractivity contribution in [2.75, 3.05) is 0 Å². The Hall–Kier alpha value is -0.560. The predicted molar refractivity (Wildman–Crippen MR) is 71.3 cm³/mol. The topological polar surface area (TPSA) is 29.1 Å². The fourth-order valence-corrected chi connectivity index (χ4v) is 3.66. The zero-order valence-corrected chi connectivity index (χ0v) is 12.4. The summed E-state index contributed by atoms with van der Waals surface area (Å²) in [6.07, 6.45) is -2.45. The molecular formula is C12H13BrF3NOS. The van der Waals surface area contributed by atoms with Crippen LogP contribution in [-0.4, -0.2) is 18.1 Å². The summed E-state index contributed by atoms with van der Waals surface area (Å²) in [7, 11) is 0. The number of alkyl halides is 3. The molecule has 1 fully saturated rings. The minimum atomic E-state index is -4.24. The molecule has 2 nitrogen and oxygen atoms in total. The molecule has 1 N–H and O–H groups in total. The molecular weight excluding hydrogens is 343 g/mol. The van der Waals surface area contributed by atoms with Crippen LogP contribution in [0.2, 0.25) is 0 Å². The molecule has 1 aliphatic carbocycles. The van der Waals surface area contributed by atoms with Gasteiger partial charge in [-0.05, 0) is 40.9 Å². The van der Waals surface area contributed by atoms with E-state index < -0.39 is 24.0 Å². The lowest BCUT2D eigenvalue weighted by Crippen LogP contribution is -2.47. The maximum absolute atomic E-state index is 12.9. The van der Waals surface area contributed by atoms with Gasteiger partial charge < -0.3 is 5.32 Å². The molecule has 0 aromatic carbocycles. The standard InChI is InChI=1S/C12H13BrF3NOS/c13-10-6-5-9(19-10)11(18)17-8-4-2-1-3-7(8)12(14,15)16/h5-8H,1-4H2,(H,17,18). The minimum absolute atomic E-state index is 0.0998. The van der Waals surface area contributed by atoms with Gasteiger partial charge in [-0.3, -0.25) is 4.79 Å². The van der Waals surface area contributed by atoms with Crippen molar-refractivity contribution in [2.45, 2.75) is 37.9 Å². The van der Waals surface area contributed by atoms with Crippen LogP contribution in [0.25, 0.3) is 0 Å². The van der Waals surface area contributed by atoms with Crippen molar-refractivity contribution in [3.8, 4) is 0 Å². The number of amides is 1. The van der Waals surface area contributed by atoms with Gasteiger partial charge in [0.25, 0.3) is 5.91 Å². The number of hydrogen-bond acceptors (Lipinski definition) is 2. The monoisotopic (exact) mass is 355 g/mol. The van der Waals surface area contributed by atoms with Gasteiger partial charge in [-0.25, -0.2) is 0 Å². The van der Waals surface area contributed by atoms with E-state index in [0.717, 1.165) is 10.2 Å². The van der Waals surface area contributed by atoms with E-state index in [4.69, 9.17) is 0 Å². The Morgan fingerprint density at radius 3 is 2.58 bits per heavy atom. The average molecular weight is 356 g/mol. The van der Waals surface area contributed by atoms with E-state index >= 15 is 0 Å². The molecule has 1 aromatic heterocycles. The first-order chi connectivity index (χ1) is 8.88. The van der Waals surface area contributed by atoms with Crippen LogP contribution in [0.1, 0.15) is 35.4 Å². The zero-order chi connectivity index (χ0) is 14.0. The third-order valence-corrected chi connectivity index (χ3v) is 4.92. The van der Waals surface area contributed by atoms with E-state index in [1.807, 2.05) is 0 Å². The average Bonchev–Trinajstić information content (AvgIpc) is 2.75. The predicted octanol–water partition coefficient (Wildman–Crippen LogP) is 4.36. The molecule has 0 aliphatic heterocycles. The summed E-state index contributed by atoms with van der Waals surface area (Å²) < 4.78 is 39.5. The smallest absolute Gasteiger partial charge is 0.348 e. The largest absolute Gasteiger partial charge is 0.393 e.